The molecule has 4 aromatic rings. The van der Waals surface area contributed by atoms with Crippen molar-refractivity contribution in [3.05, 3.63) is 71.6 Å². The zero-order valence-corrected chi connectivity index (χ0v) is 28.4. The number of carbonyl (C=O) groups is 4. The van der Waals surface area contributed by atoms with E-state index in [0.717, 1.165) is 59.2 Å². The minimum absolute atomic E-state index is 0.177. The highest BCUT2D eigenvalue weighted by molar-refractivity contribution is 5.87. The standard InChI is InChI=1S/C36H40N8O6/c1-21(38-35(47)49-3)33(45)43-17-5-7-29(43)31-37-20-26(40-31)15-11-23-9-12-24(13-10-23)25-14-16-27-28(19-25)42-32(41-27)30-8-6-18-44(30)34(46)22(2)39-36(48)50-4/h9-10,12-14,16,19-22,29-30H,5-8,17-18H2,1-4H3,(H,37,40)(H,38,47)(H,39,48)(H,41,42)/t21-,22-,29-,30-/m0/s1. The van der Waals surface area contributed by atoms with Crippen molar-refractivity contribution in [2.75, 3.05) is 27.3 Å². The van der Waals surface area contributed by atoms with Crippen LogP contribution in [0.3, 0.4) is 0 Å². The van der Waals surface area contributed by atoms with Crippen LogP contribution in [-0.4, -0.2) is 93.1 Å². The summed E-state index contributed by atoms with van der Waals surface area (Å²) in [5, 5.41) is 5.09. The number of amides is 4. The molecule has 14 heteroatoms. The SMILES string of the molecule is COC(=O)N[C@@H](C)C(=O)N1CCC[C@H]1c1ncc(C#Cc2ccc(-c3ccc4nc([C@@H]5CCCN5C(=O)[C@H](C)NC(=O)OC)[nH]c4c3)cc2)[nH]1. The number of alkyl carbamates (subject to hydrolysis) is 2. The number of nitrogens with zero attached hydrogens (tertiary/aromatic N) is 4. The second kappa shape index (κ2) is 14.7. The summed E-state index contributed by atoms with van der Waals surface area (Å²) in [7, 11) is 2.53. The average molecular weight is 681 g/mol. The Balaban J connectivity index is 1.11. The van der Waals surface area contributed by atoms with Gasteiger partial charge in [-0.1, -0.05) is 24.1 Å². The lowest BCUT2D eigenvalue weighted by atomic mass is 10.0. The van der Waals surface area contributed by atoms with E-state index in [2.05, 4.69) is 46.9 Å². The van der Waals surface area contributed by atoms with E-state index < -0.39 is 24.3 Å². The van der Waals surface area contributed by atoms with Crippen LogP contribution in [0.1, 0.15) is 74.5 Å². The highest BCUT2D eigenvalue weighted by Gasteiger charge is 2.36. The Morgan fingerprint density at radius 3 is 1.98 bits per heavy atom. The van der Waals surface area contributed by atoms with Gasteiger partial charge in [0, 0.05) is 18.7 Å². The summed E-state index contributed by atoms with van der Waals surface area (Å²) in [6.07, 6.45) is 3.60. The van der Waals surface area contributed by atoms with Gasteiger partial charge in [-0.2, -0.15) is 0 Å². The second-order valence-electron chi connectivity index (χ2n) is 12.5. The molecular weight excluding hydrogens is 640 g/mol. The Kier molecular flexibility index (Phi) is 10.0. The van der Waals surface area contributed by atoms with Crippen LogP contribution in [0.5, 0.6) is 0 Å². The normalized spacial score (nSPS) is 18.2. The van der Waals surface area contributed by atoms with Crippen molar-refractivity contribution < 1.29 is 28.7 Å². The quantitative estimate of drug-likeness (QED) is 0.211. The van der Waals surface area contributed by atoms with Crippen molar-refractivity contribution >= 4 is 35.0 Å². The zero-order chi connectivity index (χ0) is 35.4. The van der Waals surface area contributed by atoms with Crippen molar-refractivity contribution in [3.63, 3.8) is 0 Å². The molecule has 2 saturated heterocycles. The van der Waals surface area contributed by atoms with Gasteiger partial charge >= 0.3 is 12.2 Å². The number of ether oxygens (including phenoxy) is 2. The smallest absolute Gasteiger partial charge is 0.407 e. The minimum Gasteiger partial charge on any atom is -0.453 e. The molecule has 0 aliphatic carbocycles. The first-order chi connectivity index (χ1) is 24.1. The number of hydrogen-bond acceptors (Lipinski definition) is 8. The lowest BCUT2D eigenvalue weighted by molar-refractivity contribution is -0.134. The minimum atomic E-state index is -0.715. The molecule has 6 rings (SSSR count). The third-order valence-electron chi connectivity index (χ3n) is 9.14. The molecular formula is C36H40N8O6. The van der Waals surface area contributed by atoms with Crippen molar-refractivity contribution in [3.8, 4) is 23.0 Å². The molecule has 4 amide bonds. The molecule has 4 atom stereocenters. The number of carbonyl (C=O) groups excluding carboxylic acids is 4. The number of fused-ring (bicyclic) bond motifs is 1. The van der Waals surface area contributed by atoms with Gasteiger partial charge in [0.2, 0.25) is 11.8 Å². The fourth-order valence-corrected chi connectivity index (χ4v) is 6.54. The molecule has 2 aliphatic rings. The first-order valence-corrected chi connectivity index (χ1v) is 16.6. The predicted octanol–water partition coefficient (Wildman–Crippen LogP) is 4.17. The zero-order valence-electron chi connectivity index (χ0n) is 28.4. The number of aromatic nitrogens is 4. The van der Waals surface area contributed by atoms with Crippen LogP contribution >= 0.6 is 0 Å². The van der Waals surface area contributed by atoms with Gasteiger partial charge in [-0.15, -0.1) is 0 Å². The third kappa shape index (κ3) is 7.26. The lowest BCUT2D eigenvalue weighted by Crippen LogP contribution is -2.46. The Labute approximate surface area is 289 Å². The van der Waals surface area contributed by atoms with E-state index >= 15 is 0 Å². The molecule has 0 spiro atoms. The molecule has 50 heavy (non-hydrogen) atoms. The number of aromatic amines is 2. The summed E-state index contributed by atoms with van der Waals surface area (Å²) in [6, 6.07) is 12.1. The molecule has 2 aromatic heterocycles. The fraction of sp³-hybridized carbons (Fsp3) is 0.389. The molecule has 2 aromatic carbocycles. The largest absolute Gasteiger partial charge is 0.453 e. The van der Waals surface area contributed by atoms with Crippen LogP contribution in [0.25, 0.3) is 22.2 Å². The molecule has 2 fully saturated rings. The number of benzene rings is 2. The van der Waals surface area contributed by atoms with Gasteiger partial charge in [-0.25, -0.2) is 19.6 Å². The third-order valence-corrected chi connectivity index (χ3v) is 9.14. The Hall–Kier alpha value is -5.84. The van der Waals surface area contributed by atoms with Gasteiger partial charge in [0.15, 0.2) is 0 Å². The molecule has 0 bridgehead atoms. The highest BCUT2D eigenvalue weighted by atomic mass is 16.5. The number of hydrogen-bond donors (Lipinski definition) is 4. The van der Waals surface area contributed by atoms with E-state index in [1.165, 1.54) is 14.2 Å². The van der Waals surface area contributed by atoms with E-state index in [0.29, 0.717) is 24.6 Å². The van der Waals surface area contributed by atoms with Crippen LogP contribution in [0.2, 0.25) is 0 Å². The number of rotatable bonds is 7. The molecule has 0 unspecified atom stereocenters. The number of imidazole rings is 2. The Morgan fingerprint density at radius 1 is 0.800 bits per heavy atom. The van der Waals surface area contributed by atoms with Crippen LogP contribution in [0.4, 0.5) is 9.59 Å². The summed E-state index contributed by atoms with van der Waals surface area (Å²) in [6.45, 7) is 4.45. The molecule has 0 radical (unpaired) electrons. The maximum Gasteiger partial charge on any atom is 0.407 e. The number of H-pyrrole nitrogens is 2. The van der Waals surface area contributed by atoms with E-state index in [-0.39, 0.29) is 23.9 Å². The van der Waals surface area contributed by atoms with E-state index in [9.17, 15) is 19.2 Å². The monoisotopic (exact) mass is 680 g/mol. The molecule has 0 saturated carbocycles. The summed E-state index contributed by atoms with van der Waals surface area (Å²) in [5.41, 5.74) is 5.17. The molecule has 4 heterocycles. The second-order valence-corrected chi connectivity index (χ2v) is 12.5. The highest BCUT2D eigenvalue weighted by Crippen LogP contribution is 2.33. The maximum atomic E-state index is 13.1. The first kappa shape index (κ1) is 34.0. The van der Waals surface area contributed by atoms with Crippen LogP contribution in [0.15, 0.2) is 48.7 Å². The summed E-state index contributed by atoms with van der Waals surface area (Å²) < 4.78 is 9.26. The van der Waals surface area contributed by atoms with Crippen LogP contribution in [-0.2, 0) is 19.1 Å². The van der Waals surface area contributed by atoms with Crippen molar-refractivity contribution in [2.45, 2.75) is 63.7 Å². The van der Waals surface area contributed by atoms with Gasteiger partial charge in [-0.3, -0.25) is 9.59 Å². The molecule has 4 N–H and O–H groups in total. The predicted molar refractivity (Wildman–Crippen MR) is 183 cm³/mol. The van der Waals surface area contributed by atoms with Gasteiger partial charge in [-0.05, 0) is 80.8 Å². The number of nitrogens with one attached hydrogen (secondary N) is 4. The number of likely N-dealkylation sites (tertiary alicyclic amines) is 2. The van der Waals surface area contributed by atoms with Crippen LogP contribution < -0.4 is 10.6 Å². The van der Waals surface area contributed by atoms with Gasteiger partial charge in [0.25, 0.3) is 0 Å². The molecule has 14 nitrogen and oxygen atoms in total. The summed E-state index contributed by atoms with van der Waals surface area (Å²) in [5.74, 6) is 7.33. The molecule has 260 valence electrons. The van der Waals surface area contributed by atoms with Gasteiger partial charge < -0.3 is 39.9 Å². The van der Waals surface area contributed by atoms with Crippen LogP contribution in [0, 0.1) is 11.8 Å². The van der Waals surface area contributed by atoms with E-state index in [1.54, 1.807) is 29.8 Å². The Bertz CT molecular complexity index is 1960. The average Bonchev–Trinajstić information content (AvgIpc) is 3.96. The van der Waals surface area contributed by atoms with Crippen molar-refractivity contribution in [1.82, 2.24) is 40.4 Å². The maximum absolute atomic E-state index is 13.1. The number of methoxy groups -OCH3 is 2. The lowest BCUT2D eigenvalue weighted by Gasteiger charge is -2.26. The summed E-state index contributed by atoms with van der Waals surface area (Å²) in [4.78, 5) is 68.8. The van der Waals surface area contributed by atoms with E-state index in [4.69, 9.17) is 4.98 Å². The first-order valence-electron chi connectivity index (χ1n) is 16.6. The van der Waals surface area contributed by atoms with Crippen molar-refractivity contribution in [2.24, 2.45) is 0 Å². The van der Waals surface area contributed by atoms with Gasteiger partial charge in [0.1, 0.15) is 29.4 Å². The fourth-order valence-electron chi connectivity index (χ4n) is 6.54. The Morgan fingerprint density at radius 2 is 1.38 bits per heavy atom. The topological polar surface area (TPSA) is 175 Å². The molecule has 2 aliphatic heterocycles. The van der Waals surface area contributed by atoms with Crippen molar-refractivity contribution in [1.29, 1.82) is 0 Å². The van der Waals surface area contributed by atoms with Gasteiger partial charge in [0.05, 0.1) is 43.5 Å². The summed E-state index contributed by atoms with van der Waals surface area (Å²) >= 11 is 0. The van der Waals surface area contributed by atoms with E-state index in [1.807, 2.05) is 42.5 Å².